The number of ketones is 1. The monoisotopic (exact) mass is 541 g/mol. The minimum Gasteiger partial charge on any atom is -0.378 e. The molecule has 3 amide bonds. The van der Waals surface area contributed by atoms with E-state index < -0.39 is 11.6 Å². The van der Waals surface area contributed by atoms with Crippen molar-refractivity contribution in [3.05, 3.63) is 65.9 Å². The van der Waals surface area contributed by atoms with Crippen molar-refractivity contribution in [1.29, 1.82) is 0 Å². The number of hydrogen-bond acceptors (Lipinski definition) is 5. The number of hydrogen-bond donors (Lipinski definition) is 2. The fourth-order valence-corrected chi connectivity index (χ4v) is 6.64. The summed E-state index contributed by atoms with van der Waals surface area (Å²) in [5.74, 6) is -0.695. The number of H-pyrrole nitrogens is 1. The van der Waals surface area contributed by atoms with Crippen molar-refractivity contribution >= 4 is 40.1 Å². The summed E-state index contributed by atoms with van der Waals surface area (Å²) in [6, 6.07) is 13.6. The number of amides is 3. The maximum absolute atomic E-state index is 14.2. The lowest BCUT2D eigenvalue weighted by Crippen LogP contribution is -2.55. The number of carbonyl (C=O) groups excluding carboxylic acids is 4. The lowest BCUT2D eigenvalue weighted by atomic mass is 10.0. The van der Waals surface area contributed by atoms with Crippen LogP contribution >= 0.6 is 0 Å². The molecule has 9 heteroatoms. The Hall–Kier alpha value is -4.14. The van der Waals surface area contributed by atoms with Crippen molar-refractivity contribution in [2.24, 2.45) is 11.8 Å². The molecule has 2 saturated heterocycles. The lowest BCUT2D eigenvalue weighted by Gasteiger charge is -2.30. The van der Waals surface area contributed by atoms with E-state index in [1.807, 2.05) is 63.3 Å². The third-order valence-corrected chi connectivity index (χ3v) is 8.93. The van der Waals surface area contributed by atoms with Gasteiger partial charge in [-0.15, -0.1) is 0 Å². The highest BCUT2D eigenvalue weighted by Crippen LogP contribution is 2.51. The number of rotatable bonds is 6. The van der Waals surface area contributed by atoms with Gasteiger partial charge in [-0.05, 0) is 72.5 Å². The van der Waals surface area contributed by atoms with Gasteiger partial charge in [-0.25, -0.2) is 0 Å². The molecule has 0 radical (unpaired) electrons. The second kappa shape index (κ2) is 9.50. The van der Waals surface area contributed by atoms with E-state index in [1.54, 1.807) is 34.1 Å². The van der Waals surface area contributed by atoms with Gasteiger partial charge < -0.3 is 25.0 Å². The first-order chi connectivity index (χ1) is 19.1. The number of nitrogens with zero attached hydrogens (tertiary/aromatic N) is 3. The topological polar surface area (TPSA) is 106 Å². The van der Waals surface area contributed by atoms with Gasteiger partial charge in [0.25, 0.3) is 11.8 Å². The van der Waals surface area contributed by atoms with Crippen LogP contribution in [0.5, 0.6) is 0 Å². The lowest BCUT2D eigenvalue weighted by molar-refractivity contribution is -0.139. The Morgan fingerprint density at radius 1 is 1.02 bits per heavy atom. The molecule has 2 N–H and O–H groups in total. The Labute approximate surface area is 233 Å². The molecule has 1 aliphatic carbocycles. The third kappa shape index (κ3) is 4.15. The van der Waals surface area contributed by atoms with Gasteiger partial charge in [0.05, 0.1) is 12.6 Å². The van der Waals surface area contributed by atoms with Crippen LogP contribution in [0.4, 0.5) is 5.69 Å². The predicted molar refractivity (Wildman–Crippen MR) is 152 cm³/mol. The number of Topliss-reactive ketones (excluding diaryl/α,β-unsaturated/α-hetero) is 1. The molecule has 2 unspecified atom stereocenters. The number of nitrogens with one attached hydrogen (secondary N) is 2. The molecular formula is C31H35N5O4. The Morgan fingerprint density at radius 3 is 2.42 bits per heavy atom. The van der Waals surface area contributed by atoms with Crippen molar-refractivity contribution in [1.82, 2.24) is 20.1 Å². The van der Waals surface area contributed by atoms with E-state index in [1.165, 1.54) is 0 Å². The molecule has 1 saturated carbocycles. The van der Waals surface area contributed by atoms with Gasteiger partial charge >= 0.3 is 0 Å². The zero-order valence-electron chi connectivity index (χ0n) is 23.3. The van der Waals surface area contributed by atoms with Crippen LogP contribution < -0.4 is 10.2 Å². The summed E-state index contributed by atoms with van der Waals surface area (Å²) in [6.45, 7) is 4.45. The van der Waals surface area contributed by atoms with Gasteiger partial charge in [-0.2, -0.15) is 0 Å². The number of aromatic nitrogens is 1. The second-order valence-electron chi connectivity index (χ2n) is 11.9. The van der Waals surface area contributed by atoms with Crippen LogP contribution in [0.25, 0.3) is 10.9 Å². The molecular weight excluding hydrogens is 506 g/mol. The first-order valence-electron chi connectivity index (χ1n) is 13.9. The van der Waals surface area contributed by atoms with E-state index in [2.05, 4.69) is 10.3 Å². The van der Waals surface area contributed by atoms with Crippen LogP contribution in [-0.4, -0.2) is 83.1 Å². The highest BCUT2D eigenvalue weighted by Gasteiger charge is 2.65. The van der Waals surface area contributed by atoms with Crippen LogP contribution in [0.1, 0.15) is 47.4 Å². The summed E-state index contributed by atoms with van der Waals surface area (Å²) in [5.41, 5.74) is 1.79. The summed E-state index contributed by atoms with van der Waals surface area (Å²) in [6.07, 6.45) is 2.89. The fraction of sp³-hybridized carbons (Fsp3) is 0.419. The second-order valence-corrected chi connectivity index (χ2v) is 11.9. The third-order valence-electron chi connectivity index (χ3n) is 8.93. The van der Waals surface area contributed by atoms with Crippen molar-refractivity contribution < 1.29 is 19.2 Å². The van der Waals surface area contributed by atoms with Gasteiger partial charge in [0.2, 0.25) is 5.91 Å². The van der Waals surface area contributed by atoms with E-state index in [9.17, 15) is 19.2 Å². The molecule has 3 heterocycles. The Morgan fingerprint density at radius 2 is 1.75 bits per heavy atom. The zero-order valence-corrected chi connectivity index (χ0v) is 23.3. The van der Waals surface area contributed by atoms with Gasteiger partial charge in [0.15, 0.2) is 5.78 Å². The molecule has 2 aliphatic heterocycles. The Bertz CT molecular complexity index is 1510. The molecule has 9 nitrogen and oxygen atoms in total. The van der Waals surface area contributed by atoms with Gasteiger partial charge in [0, 0.05) is 49.2 Å². The molecule has 1 aromatic heterocycles. The maximum atomic E-state index is 14.2. The largest absolute Gasteiger partial charge is 0.378 e. The minimum absolute atomic E-state index is 0.0219. The summed E-state index contributed by atoms with van der Waals surface area (Å²) >= 11 is 0. The highest BCUT2D eigenvalue weighted by molar-refractivity contribution is 6.06. The van der Waals surface area contributed by atoms with Crippen LogP contribution in [-0.2, 0) is 9.59 Å². The molecule has 40 heavy (non-hydrogen) atoms. The average molecular weight is 542 g/mol. The van der Waals surface area contributed by atoms with Crippen LogP contribution in [0, 0.1) is 11.8 Å². The Balaban J connectivity index is 1.22. The Kier molecular flexibility index (Phi) is 6.20. The van der Waals surface area contributed by atoms with Crippen molar-refractivity contribution in [2.45, 2.75) is 44.3 Å². The zero-order chi connectivity index (χ0) is 28.3. The fourth-order valence-electron chi connectivity index (χ4n) is 6.64. The number of anilines is 1. The summed E-state index contributed by atoms with van der Waals surface area (Å²) in [4.78, 5) is 62.6. The SMILES string of the molecule is CC(C)C1CC1(NC(=O)c1ccc(N(C)C)cc1)C(=O)N1CC[C@@H]2[C@H]1C(=O)CN2C(=O)c1ccc2cc[nH]c2c1. The standard InChI is InChI=1S/C31H35N5O4/c1-18(2)23-16-31(23,33-28(38)20-7-9-22(10-8-20)34(3)4)30(40)35-14-12-25-27(35)26(37)17-36(25)29(39)21-6-5-19-11-13-32-24(19)15-21/h5-11,13,15,18,23,25,27,32H,12,14,16-17H2,1-4H3,(H,33,38)/t23?,25-,27+,31?/m1/s1. The highest BCUT2D eigenvalue weighted by atomic mass is 16.2. The first-order valence-corrected chi connectivity index (χ1v) is 13.9. The number of benzene rings is 2. The molecule has 2 aromatic carbocycles. The van der Waals surface area contributed by atoms with E-state index in [0.29, 0.717) is 30.5 Å². The quantitative estimate of drug-likeness (QED) is 0.499. The molecule has 6 rings (SSSR count). The number of carbonyl (C=O) groups is 4. The normalized spacial score (nSPS) is 25.4. The minimum atomic E-state index is -1.04. The van der Waals surface area contributed by atoms with Gasteiger partial charge in [-0.3, -0.25) is 19.2 Å². The number of likely N-dealkylation sites (tertiary alicyclic amines) is 2. The van der Waals surface area contributed by atoms with E-state index in [4.69, 9.17) is 0 Å². The molecule has 3 fully saturated rings. The summed E-state index contributed by atoms with van der Waals surface area (Å²) in [7, 11) is 3.87. The molecule has 0 spiro atoms. The molecule has 208 valence electrons. The molecule has 3 aromatic rings. The molecule has 4 atom stereocenters. The van der Waals surface area contributed by atoms with Crippen LogP contribution in [0.3, 0.4) is 0 Å². The number of aromatic amines is 1. The van der Waals surface area contributed by atoms with E-state index >= 15 is 0 Å². The summed E-state index contributed by atoms with van der Waals surface area (Å²) in [5, 5.41) is 4.08. The predicted octanol–water partition coefficient (Wildman–Crippen LogP) is 3.07. The van der Waals surface area contributed by atoms with Crippen molar-refractivity contribution in [3.8, 4) is 0 Å². The maximum Gasteiger partial charge on any atom is 0.254 e. The molecule has 3 aliphatic rings. The van der Waals surface area contributed by atoms with Crippen LogP contribution in [0.15, 0.2) is 54.7 Å². The molecule has 0 bridgehead atoms. The van der Waals surface area contributed by atoms with Gasteiger partial charge in [-0.1, -0.05) is 19.9 Å². The van der Waals surface area contributed by atoms with Crippen LogP contribution in [0.2, 0.25) is 0 Å². The summed E-state index contributed by atoms with van der Waals surface area (Å²) < 4.78 is 0. The van der Waals surface area contributed by atoms with Gasteiger partial charge in [0.1, 0.15) is 11.6 Å². The van der Waals surface area contributed by atoms with Crippen molar-refractivity contribution in [2.75, 3.05) is 32.1 Å². The first kappa shape index (κ1) is 26.1. The number of fused-ring (bicyclic) bond motifs is 2. The van der Waals surface area contributed by atoms with E-state index in [-0.39, 0.29) is 47.9 Å². The van der Waals surface area contributed by atoms with Crippen molar-refractivity contribution in [3.63, 3.8) is 0 Å². The average Bonchev–Trinajstić information content (AvgIpc) is 3.24. The van der Waals surface area contributed by atoms with E-state index in [0.717, 1.165) is 16.6 Å². The smallest absolute Gasteiger partial charge is 0.254 e.